The molecule has 0 unspecified atom stereocenters. The summed E-state index contributed by atoms with van der Waals surface area (Å²) in [7, 11) is 0. The van der Waals surface area contributed by atoms with Crippen molar-refractivity contribution < 1.29 is 12.6 Å². The van der Waals surface area contributed by atoms with Crippen molar-refractivity contribution in [3.63, 3.8) is 0 Å². The summed E-state index contributed by atoms with van der Waals surface area (Å²) in [6.07, 6.45) is 0. The molecule has 0 heterocycles. The van der Waals surface area contributed by atoms with E-state index >= 15 is 0 Å². The van der Waals surface area contributed by atoms with Crippen LogP contribution in [0.5, 0.6) is 0 Å². The van der Waals surface area contributed by atoms with Crippen molar-refractivity contribution in [2.45, 2.75) is 0 Å². The molecule has 0 rings (SSSR count). The topological polar surface area (TPSA) is 35.5 Å². The van der Waals surface area contributed by atoms with Gasteiger partial charge in [0.15, 0.2) is 0 Å². The standard InChI is InChI=1S/C10H16Br4Cl2O3S/c11-1-9(2-12,5-15)7-18-20(17)19-8-10(3-13,4-14)6-16/h1-8H2. The molecule has 0 bridgehead atoms. The van der Waals surface area contributed by atoms with Gasteiger partial charge in [0.05, 0.1) is 13.2 Å². The van der Waals surface area contributed by atoms with Crippen LogP contribution in [0.2, 0.25) is 0 Å². The molecule has 0 saturated heterocycles. The molecule has 3 nitrogen and oxygen atoms in total. The van der Waals surface area contributed by atoms with Crippen molar-refractivity contribution in [1.82, 2.24) is 0 Å². The maximum absolute atomic E-state index is 11.8. The minimum atomic E-state index is -1.82. The lowest BCUT2D eigenvalue weighted by molar-refractivity contribution is 0.163. The van der Waals surface area contributed by atoms with Gasteiger partial charge in [0.1, 0.15) is 0 Å². The lowest BCUT2D eigenvalue weighted by atomic mass is 9.98. The highest BCUT2D eigenvalue weighted by Crippen LogP contribution is 2.28. The Hall–Kier alpha value is 2.57. The summed E-state index contributed by atoms with van der Waals surface area (Å²) in [5, 5.41) is 2.56. The van der Waals surface area contributed by atoms with Crippen LogP contribution in [0.1, 0.15) is 0 Å². The highest BCUT2D eigenvalue weighted by Gasteiger charge is 2.31. The molecule has 0 aliphatic rings. The van der Waals surface area contributed by atoms with Crippen molar-refractivity contribution in [1.29, 1.82) is 0 Å². The van der Waals surface area contributed by atoms with Gasteiger partial charge in [-0.05, 0) is 0 Å². The van der Waals surface area contributed by atoms with Crippen molar-refractivity contribution in [3.8, 4) is 0 Å². The third kappa shape index (κ3) is 7.43. The number of alkyl halides is 6. The van der Waals surface area contributed by atoms with Crippen LogP contribution in [0.25, 0.3) is 0 Å². The van der Waals surface area contributed by atoms with E-state index in [9.17, 15) is 4.21 Å². The molecule has 0 radical (unpaired) electrons. The van der Waals surface area contributed by atoms with E-state index in [1.165, 1.54) is 0 Å². The average molecular weight is 607 g/mol. The Morgan fingerprint density at radius 1 is 0.800 bits per heavy atom. The Morgan fingerprint density at radius 2 is 1.10 bits per heavy atom. The van der Waals surface area contributed by atoms with Gasteiger partial charge in [0.2, 0.25) is 0 Å². The van der Waals surface area contributed by atoms with Gasteiger partial charge in [-0.3, -0.25) is 8.37 Å². The molecule has 122 valence electrons. The van der Waals surface area contributed by atoms with E-state index in [2.05, 4.69) is 63.7 Å². The van der Waals surface area contributed by atoms with E-state index in [-0.39, 0.29) is 24.0 Å². The first kappa shape index (κ1) is 22.6. The van der Waals surface area contributed by atoms with Crippen LogP contribution < -0.4 is 0 Å². The van der Waals surface area contributed by atoms with E-state index in [0.29, 0.717) is 33.1 Å². The summed E-state index contributed by atoms with van der Waals surface area (Å²) >= 11 is 23.5. The minimum Gasteiger partial charge on any atom is -0.268 e. The molecule has 0 atom stereocenters. The van der Waals surface area contributed by atoms with Crippen LogP contribution in [-0.2, 0) is 19.7 Å². The van der Waals surface area contributed by atoms with Gasteiger partial charge in [0.25, 0.3) is 0 Å². The molecule has 0 aromatic carbocycles. The maximum atomic E-state index is 11.8. The number of hydrogen-bond donors (Lipinski definition) is 0. The van der Waals surface area contributed by atoms with Gasteiger partial charge >= 0.3 is 11.4 Å². The fraction of sp³-hybridized carbons (Fsp3) is 1.00. The third-order valence-electron chi connectivity index (χ3n) is 2.62. The third-order valence-corrected chi connectivity index (χ3v) is 9.14. The highest BCUT2D eigenvalue weighted by molar-refractivity contribution is 9.10. The van der Waals surface area contributed by atoms with Gasteiger partial charge in [-0.2, -0.15) is 4.21 Å². The average Bonchev–Trinajstić information content (AvgIpc) is 2.51. The number of hydrogen-bond acceptors (Lipinski definition) is 3. The van der Waals surface area contributed by atoms with Crippen LogP contribution in [0.4, 0.5) is 0 Å². The Bertz CT molecular complexity index is 249. The van der Waals surface area contributed by atoms with Crippen molar-refractivity contribution in [3.05, 3.63) is 0 Å². The molecule has 0 aromatic rings. The predicted octanol–water partition coefficient (Wildman–Crippen LogP) is 4.63. The molecule has 0 amide bonds. The lowest BCUT2D eigenvalue weighted by Gasteiger charge is -2.28. The molecule has 0 fully saturated rings. The van der Waals surface area contributed by atoms with Gasteiger partial charge in [-0.15, -0.1) is 23.2 Å². The van der Waals surface area contributed by atoms with E-state index < -0.39 is 11.4 Å². The molecule has 20 heavy (non-hydrogen) atoms. The van der Waals surface area contributed by atoms with Crippen LogP contribution in [-0.4, -0.2) is 50.5 Å². The van der Waals surface area contributed by atoms with Gasteiger partial charge < -0.3 is 0 Å². The molecule has 0 aliphatic carbocycles. The van der Waals surface area contributed by atoms with Crippen molar-refractivity contribution in [2.24, 2.45) is 10.8 Å². The highest BCUT2D eigenvalue weighted by atomic mass is 79.9. The van der Waals surface area contributed by atoms with E-state index in [1.807, 2.05) is 0 Å². The van der Waals surface area contributed by atoms with Crippen molar-refractivity contribution in [2.75, 3.05) is 46.3 Å². The molecule has 0 saturated carbocycles. The molecule has 0 aromatic heterocycles. The van der Waals surface area contributed by atoms with Crippen LogP contribution in [0, 0.1) is 10.8 Å². The Kier molecular flexibility index (Phi) is 13.6. The zero-order valence-corrected chi connectivity index (χ0v) is 19.2. The quantitative estimate of drug-likeness (QED) is 0.304. The second-order valence-electron chi connectivity index (χ2n) is 4.53. The smallest absolute Gasteiger partial charge is 0.268 e. The summed E-state index contributed by atoms with van der Waals surface area (Å²) in [6, 6.07) is 0. The summed E-state index contributed by atoms with van der Waals surface area (Å²) < 4.78 is 22.2. The fourth-order valence-corrected chi connectivity index (χ4v) is 6.33. The van der Waals surface area contributed by atoms with E-state index in [1.54, 1.807) is 0 Å². The van der Waals surface area contributed by atoms with Gasteiger partial charge in [-0.25, -0.2) is 0 Å². The number of rotatable bonds is 12. The summed E-state index contributed by atoms with van der Waals surface area (Å²) in [6.45, 7) is 0.465. The maximum Gasteiger partial charge on any atom is 0.304 e. The SMILES string of the molecule is O=S(OCC(CCl)(CBr)CBr)OCC(CCl)(CBr)CBr. The fourth-order valence-electron chi connectivity index (χ4n) is 0.826. The second-order valence-corrected chi connectivity index (χ2v) is 8.19. The first-order valence-corrected chi connectivity index (χ1v) is 12.1. The first-order valence-electron chi connectivity index (χ1n) is 5.51. The zero-order chi connectivity index (χ0) is 15.6. The molecular formula is C10H16Br4Cl2O3S. The van der Waals surface area contributed by atoms with Gasteiger partial charge in [-0.1, -0.05) is 63.7 Å². The molecule has 0 spiro atoms. The molecule has 0 aliphatic heterocycles. The second kappa shape index (κ2) is 12.0. The molecular weight excluding hydrogens is 591 g/mol. The minimum absolute atomic E-state index is 0.232. The number of halogens is 6. The first-order chi connectivity index (χ1) is 9.46. The lowest BCUT2D eigenvalue weighted by Crippen LogP contribution is -2.35. The normalized spacial score (nSPS) is 13.2. The van der Waals surface area contributed by atoms with Crippen LogP contribution >= 0.6 is 86.9 Å². The molecule has 10 heteroatoms. The monoisotopic (exact) mass is 602 g/mol. The van der Waals surface area contributed by atoms with E-state index in [4.69, 9.17) is 31.6 Å². The molecule has 0 N–H and O–H groups in total. The Morgan fingerprint density at radius 3 is 1.30 bits per heavy atom. The van der Waals surface area contributed by atoms with Crippen LogP contribution in [0.15, 0.2) is 0 Å². The summed E-state index contributed by atoms with van der Waals surface area (Å²) in [4.78, 5) is 0. The van der Waals surface area contributed by atoms with Gasteiger partial charge in [0, 0.05) is 43.9 Å². The Balaban J connectivity index is 4.30. The summed E-state index contributed by atoms with van der Waals surface area (Å²) in [5.41, 5.74) is -0.621. The van der Waals surface area contributed by atoms with E-state index in [0.717, 1.165) is 0 Å². The van der Waals surface area contributed by atoms with Crippen LogP contribution in [0.3, 0.4) is 0 Å². The Labute approximate surface area is 166 Å². The predicted molar refractivity (Wildman–Crippen MR) is 102 cm³/mol. The largest absolute Gasteiger partial charge is 0.304 e. The summed E-state index contributed by atoms with van der Waals surface area (Å²) in [5.74, 6) is 0.768. The van der Waals surface area contributed by atoms with Crippen molar-refractivity contribution >= 4 is 98.3 Å². The zero-order valence-electron chi connectivity index (χ0n) is 10.6.